The predicted octanol–water partition coefficient (Wildman–Crippen LogP) is 2.39. The Morgan fingerprint density at radius 2 is 2.23 bits per heavy atom. The van der Waals surface area contributed by atoms with E-state index in [1.165, 1.54) is 10.8 Å². The minimum Gasteiger partial charge on any atom is -0.379 e. The van der Waals surface area contributed by atoms with Crippen LogP contribution in [-0.4, -0.2) is 50.5 Å². The molecule has 0 amide bonds. The van der Waals surface area contributed by atoms with Gasteiger partial charge in [-0.05, 0) is 17.9 Å². The Bertz CT molecular complexity index is 602. The molecular weight excluding hydrogens is 281 g/mol. The van der Waals surface area contributed by atoms with Gasteiger partial charge in [0.1, 0.15) is 5.82 Å². The van der Waals surface area contributed by atoms with Gasteiger partial charge < -0.3 is 15.0 Å². The molecule has 1 N–H and O–H groups in total. The largest absolute Gasteiger partial charge is 0.379 e. The highest BCUT2D eigenvalue weighted by Crippen LogP contribution is 2.26. The van der Waals surface area contributed by atoms with Crippen molar-refractivity contribution in [3.8, 4) is 0 Å². The Kier molecular flexibility index (Phi) is 5.19. The van der Waals surface area contributed by atoms with Crippen molar-refractivity contribution in [3.05, 3.63) is 36.5 Å². The van der Waals surface area contributed by atoms with Crippen molar-refractivity contribution >= 4 is 16.6 Å². The molecule has 1 fully saturated rings. The molecule has 1 saturated heterocycles. The zero-order valence-corrected chi connectivity index (χ0v) is 12.7. The van der Waals surface area contributed by atoms with Crippen LogP contribution in [0.2, 0.25) is 0 Å². The maximum Gasteiger partial charge on any atom is 0.136 e. The fourth-order valence-electron chi connectivity index (χ4n) is 2.90. The molecule has 2 aromatic rings. The molecule has 22 heavy (non-hydrogen) atoms. The first-order valence-electron chi connectivity index (χ1n) is 7.85. The summed E-state index contributed by atoms with van der Waals surface area (Å²) in [6, 6.07) is 10.6. The summed E-state index contributed by atoms with van der Waals surface area (Å²) in [5.74, 6) is 1.01. The van der Waals surface area contributed by atoms with Crippen LogP contribution in [-0.2, 0) is 4.74 Å². The van der Waals surface area contributed by atoms with Crippen LogP contribution in [0.4, 0.5) is 10.2 Å². The van der Waals surface area contributed by atoms with Gasteiger partial charge >= 0.3 is 0 Å². The van der Waals surface area contributed by atoms with Crippen molar-refractivity contribution in [3.63, 3.8) is 0 Å². The third-order valence-electron chi connectivity index (χ3n) is 4.01. The number of rotatable bonds is 6. The Morgan fingerprint density at radius 3 is 3.14 bits per heavy atom. The smallest absolute Gasteiger partial charge is 0.136 e. The number of anilines is 1. The zero-order chi connectivity index (χ0) is 15.2. The molecule has 2 heterocycles. The highest BCUT2D eigenvalue weighted by molar-refractivity contribution is 5.92. The second-order valence-corrected chi connectivity index (χ2v) is 5.52. The number of piperazine rings is 1. The predicted molar refractivity (Wildman–Crippen MR) is 87.2 cm³/mol. The molecule has 1 atom stereocenters. The summed E-state index contributed by atoms with van der Waals surface area (Å²) in [5, 5.41) is 5.76. The summed E-state index contributed by atoms with van der Waals surface area (Å²) in [6.45, 7) is 3.45. The van der Waals surface area contributed by atoms with E-state index in [1.54, 1.807) is 0 Å². The quantitative estimate of drug-likeness (QED) is 0.832. The van der Waals surface area contributed by atoms with Crippen LogP contribution in [0.1, 0.15) is 6.42 Å². The van der Waals surface area contributed by atoms with E-state index in [1.807, 2.05) is 24.4 Å². The first-order valence-corrected chi connectivity index (χ1v) is 7.85. The van der Waals surface area contributed by atoms with Crippen molar-refractivity contribution in [2.45, 2.75) is 12.5 Å². The van der Waals surface area contributed by atoms with Gasteiger partial charge in [-0.15, -0.1) is 0 Å². The van der Waals surface area contributed by atoms with Crippen LogP contribution in [0.25, 0.3) is 10.8 Å². The topological polar surface area (TPSA) is 37.4 Å². The molecule has 0 radical (unpaired) electrons. The van der Waals surface area contributed by atoms with E-state index < -0.39 is 0 Å². The van der Waals surface area contributed by atoms with E-state index in [9.17, 15) is 4.39 Å². The molecule has 0 aliphatic carbocycles. The monoisotopic (exact) mass is 303 g/mol. The minimum absolute atomic E-state index is 0.228. The third kappa shape index (κ3) is 3.36. The summed E-state index contributed by atoms with van der Waals surface area (Å²) in [4.78, 5) is 6.92. The van der Waals surface area contributed by atoms with Gasteiger partial charge in [0.15, 0.2) is 0 Å². The Hall–Kier alpha value is -1.72. The molecule has 1 aromatic carbocycles. The van der Waals surface area contributed by atoms with Gasteiger partial charge in [0, 0.05) is 37.8 Å². The fourth-order valence-corrected chi connectivity index (χ4v) is 2.90. The molecule has 118 valence electrons. The van der Waals surface area contributed by atoms with E-state index in [-0.39, 0.29) is 12.7 Å². The average Bonchev–Trinajstić information content (AvgIpc) is 2.59. The lowest BCUT2D eigenvalue weighted by atomic mass is 10.1. The van der Waals surface area contributed by atoms with E-state index in [4.69, 9.17) is 4.74 Å². The molecule has 1 aliphatic heterocycles. The van der Waals surface area contributed by atoms with Crippen molar-refractivity contribution in [1.29, 1.82) is 0 Å². The number of hydrogen-bond donors (Lipinski definition) is 1. The number of halogens is 1. The van der Waals surface area contributed by atoms with E-state index in [0.717, 1.165) is 25.5 Å². The lowest BCUT2D eigenvalue weighted by molar-refractivity contribution is 0.108. The Balaban J connectivity index is 1.80. The zero-order valence-electron chi connectivity index (χ0n) is 12.7. The molecule has 3 rings (SSSR count). The summed E-state index contributed by atoms with van der Waals surface area (Å²) in [6.07, 6.45) is 2.33. The molecule has 5 heteroatoms. The van der Waals surface area contributed by atoms with Crippen LogP contribution in [0.15, 0.2) is 36.5 Å². The van der Waals surface area contributed by atoms with Crippen LogP contribution < -0.4 is 10.2 Å². The van der Waals surface area contributed by atoms with Crippen molar-refractivity contribution < 1.29 is 9.13 Å². The number of benzene rings is 1. The van der Waals surface area contributed by atoms with Gasteiger partial charge in [-0.25, -0.2) is 4.98 Å². The number of aromatic nitrogens is 1. The summed E-state index contributed by atoms with van der Waals surface area (Å²) in [5.41, 5.74) is 0. The highest BCUT2D eigenvalue weighted by Gasteiger charge is 2.24. The summed E-state index contributed by atoms with van der Waals surface area (Å²) in [7, 11) is 0. The summed E-state index contributed by atoms with van der Waals surface area (Å²) < 4.78 is 17.8. The lowest BCUT2D eigenvalue weighted by Crippen LogP contribution is -2.53. The number of ether oxygens (including phenoxy) is 1. The van der Waals surface area contributed by atoms with Gasteiger partial charge in [0.25, 0.3) is 0 Å². The second kappa shape index (κ2) is 7.51. The standard InChI is InChI=1S/C17H22FN3O/c18-7-3-11-22-13-15-12-19-9-10-21(15)17-16-5-2-1-4-14(16)6-8-20-17/h1-2,4-6,8,15,19H,3,7,9-13H2. The van der Waals surface area contributed by atoms with Crippen LogP contribution in [0, 0.1) is 0 Å². The van der Waals surface area contributed by atoms with Gasteiger partial charge in [0.05, 0.1) is 19.3 Å². The molecule has 0 bridgehead atoms. The van der Waals surface area contributed by atoms with E-state index in [0.29, 0.717) is 19.6 Å². The fraction of sp³-hybridized carbons (Fsp3) is 0.471. The van der Waals surface area contributed by atoms with Crippen molar-refractivity contribution in [1.82, 2.24) is 10.3 Å². The summed E-state index contributed by atoms with van der Waals surface area (Å²) >= 11 is 0. The first-order chi connectivity index (χ1) is 10.9. The van der Waals surface area contributed by atoms with Crippen LogP contribution in [0.3, 0.4) is 0 Å². The Morgan fingerprint density at radius 1 is 1.32 bits per heavy atom. The van der Waals surface area contributed by atoms with E-state index >= 15 is 0 Å². The molecule has 1 unspecified atom stereocenters. The second-order valence-electron chi connectivity index (χ2n) is 5.52. The minimum atomic E-state index is -0.322. The van der Waals surface area contributed by atoms with Crippen molar-refractivity contribution in [2.24, 2.45) is 0 Å². The molecule has 4 nitrogen and oxygen atoms in total. The molecule has 0 saturated carbocycles. The molecule has 1 aromatic heterocycles. The number of alkyl halides is 1. The Labute approximate surface area is 130 Å². The number of fused-ring (bicyclic) bond motifs is 1. The number of hydrogen-bond acceptors (Lipinski definition) is 4. The van der Waals surface area contributed by atoms with Gasteiger partial charge in [0.2, 0.25) is 0 Å². The molecule has 1 aliphatic rings. The maximum absolute atomic E-state index is 12.2. The van der Waals surface area contributed by atoms with Gasteiger partial charge in [-0.1, -0.05) is 24.3 Å². The number of pyridine rings is 1. The normalized spacial score (nSPS) is 18.8. The number of nitrogens with one attached hydrogen (secondary N) is 1. The van der Waals surface area contributed by atoms with Gasteiger partial charge in [-0.2, -0.15) is 0 Å². The maximum atomic E-state index is 12.2. The first kappa shape index (κ1) is 15.2. The van der Waals surface area contributed by atoms with Crippen LogP contribution >= 0.6 is 0 Å². The number of nitrogens with zero attached hydrogens (tertiary/aromatic N) is 2. The molecular formula is C17H22FN3O. The molecule has 0 spiro atoms. The van der Waals surface area contributed by atoms with Crippen LogP contribution in [0.5, 0.6) is 0 Å². The SMILES string of the molecule is FCCCOCC1CNCCN1c1nccc2ccccc12. The van der Waals surface area contributed by atoms with E-state index in [2.05, 4.69) is 27.3 Å². The van der Waals surface area contributed by atoms with Gasteiger partial charge in [-0.3, -0.25) is 4.39 Å². The highest BCUT2D eigenvalue weighted by atomic mass is 19.1. The third-order valence-corrected chi connectivity index (χ3v) is 4.01. The van der Waals surface area contributed by atoms with Crippen molar-refractivity contribution in [2.75, 3.05) is 44.4 Å². The lowest BCUT2D eigenvalue weighted by Gasteiger charge is -2.37. The average molecular weight is 303 g/mol.